The van der Waals surface area contributed by atoms with Crippen LogP contribution in [0.4, 0.5) is 0 Å². The van der Waals surface area contributed by atoms with E-state index in [1.807, 2.05) is 0 Å². The van der Waals surface area contributed by atoms with Crippen molar-refractivity contribution in [3.8, 4) is 5.75 Å². The highest BCUT2D eigenvalue weighted by atomic mass is 16.3. The van der Waals surface area contributed by atoms with E-state index in [9.17, 15) is 5.11 Å². The Morgan fingerprint density at radius 1 is 1.80 bits per heavy atom. The number of hydrogen-bond acceptors (Lipinski definition) is 2. The molecule has 0 heterocycles. The number of nitrogens with two attached hydrogens (primary N) is 1. The molecule has 10 heavy (non-hydrogen) atoms. The summed E-state index contributed by atoms with van der Waals surface area (Å²) < 4.78 is 36.5. The van der Waals surface area contributed by atoms with Crippen LogP contribution in [0.25, 0.3) is 0 Å². The van der Waals surface area contributed by atoms with E-state index in [0.29, 0.717) is 0 Å². The van der Waals surface area contributed by atoms with Crippen molar-refractivity contribution >= 4 is 0 Å². The van der Waals surface area contributed by atoms with Gasteiger partial charge in [0, 0.05) is 2.74 Å². The van der Waals surface area contributed by atoms with Crippen molar-refractivity contribution in [1.29, 1.82) is 0 Å². The first kappa shape index (κ1) is 2.93. The molecule has 0 spiro atoms. The Kier molecular flexibility index (Phi) is 0.944. The van der Waals surface area contributed by atoms with Crippen LogP contribution in [0.3, 0.4) is 0 Å². The monoisotopic (exact) mass is 142 g/mol. The molecule has 0 aliphatic heterocycles. The van der Waals surface area contributed by atoms with Crippen LogP contribution in [0.15, 0.2) is 24.2 Å². The highest BCUT2D eigenvalue weighted by Crippen LogP contribution is 2.10. The van der Waals surface area contributed by atoms with E-state index >= 15 is 0 Å². The quantitative estimate of drug-likeness (QED) is 0.644. The highest BCUT2D eigenvalue weighted by molar-refractivity contribution is 5.27. The second-order valence-electron chi connectivity index (χ2n) is 1.78. The van der Waals surface area contributed by atoms with E-state index in [4.69, 9.17) is 12.6 Å². The Morgan fingerprint density at radius 2 is 2.60 bits per heavy atom. The number of phenolic OH excluding ortho intramolecular Hbond substituents is 1. The number of aromatic hydroxyl groups is 1. The predicted octanol–water partition coefficient (Wildman–Crippen LogP) is 0.893. The minimum atomic E-state index is -2.06. The lowest BCUT2D eigenvalue weighted by atomic mass is 10.1. The fourth-order valence-electron chi connectivity index (χ4n) is 0.604. The minimum absolute atomic E-state index is 0.0486. The summed E-state index contributed by atoms with van der Waals surface area (Å²) in [5.41, 5.74) is 5.08. The van der Waals surface area contributed by atoms with Gasteiger partial charge in [0.05, 0.1) is 4.11 Å². The maximum atomic E-state index is 9.25. The molecule has 0 bridgehead atoms. The predicted molar refractivity (Wildman–Crippen MR) is 40.9 cm³/mol. The van der Waals surface area contributed by atoms with Crippen molar-refractivity contribution in [1.82, 2.24) is 0 Å². The third kappa shape index (κ3) is 1.74. The van der Waals surface area contributed by atoms with Crippen molar-refractivity contribution in [2.75, 3.05) is 6.50 Å². The molecular formula is C8H11NO. The fraction of sp³-hybridized carbons (Fsp3) is 0.250. The van der Waals surface area contributed by atoms with Crippen molar-refractivity contribution < 1.29 is 12.0 Å². The third-order valence-corrected chi connectivity index (χ3v) is 0.990. The molecule has 0 fully saturated rings. The number of hydrogen-bond donors (Lipinski definition) is 2. The maximum absolute atomic E-state index is 9.25. The number of rotatable bonds is 2. The van der Waals surface area contributed by atoms with Crippen molar-refractivity contribution in [3.05, 3.63) is 29.8 Å². The second-order valence-corrected chi connectivity index (χ2v) is 1.78. The summed E-state index contributed by atoms with van der Waals surface area (Å²) in [5, 5.41) is 9.25. The molecule has 0 atom stereocenters. The lowest BCUT2D eigenvalue weighted by molar-refractivity contribution is 0.474. The van der Waals surface area contributed by atoms with Gasteiger partial charge in [-0.1, -0.05) is 12.1 Å². The van der Waals surface area contributed by atoms with E-state index in [-0.39, 0.29) is 30.1 Å². The molecule has 0 aliphatic rings. The van der Waals surface area contributed by atoms with Gasteiger partial charge >= 0.3 is 0 Å². The summed E-state index contributed by atoms with van der Waals surface area (Å²) in [6.45, 7) is -2.06. The second kappa shape index (κ2) is 3.22. The van der Waals surface area contributed by atoms with Crippen LogP contribution in [0.5, 0.6) is 5.75 Å². The molecule has 1 aromatic rings. The average molecular weight is 142 g/mol. The number of phenols is 1. The van der Waals surface area contributed by atoms with Gasteiger partial charge in [0.15, 0.2) is 0 Å². The summed E-state index contributed by atoms with van der Waals surface area (Å²) >= 11 is 0. The SMILES string of the molecule is [2H]c1cc(O)c([2H])c(CC([2H])([2H])N)c1[2H]. The average Bonchev–Trinajstić information content (AvgIpc) is 2.08. The zero-order valence-electron chi connectivity index (χ0n) is 10.3. The first-order valence-electron chi connectivity index (χ1n) is 5.30. The maximum Gasteiger partial charge on any atom is 0.115 e. The summed E-state index contributed by atoms with van der Waals surface area (Å²) in [5.74, 6) is -0.435. The van der Waals surface area contributed by atoms with Gasteiger partial charge < -0.3 is 10.8 Å². The first-order valence-corrected chi connectivity index (χ1v) is 2.80. The van der Waals surface area contributed by atoms with E-state index in [2.05, 4.69) is 0 Å². The van der Waals surface area contributed by atoms with Crippen LogP contribution in [0.1, 0.15) is 12.4 Å². The molecule has 2 nitrogen and oxygen atoms in total. The zero-order valence-corrected chi connectivity index (χ0v) is 5.31. The standard InChI is InChI=1S/C8H11NO/c9-5-4-7-2-1-3-8(10)6-7/h1-3,6,10H,4-5,9H2/i1D,2D,5D2,6D. The fourth-order valence-corrected chi connectivity index (χ4v) is 0.604. The van der Waals surface area contributed by atoms with Crippen molar-refractivity contribution in [2.24, 2.45) is 5.73 Å². The van der Waals surface area contributed by atoms with Crippen LogP contribution >= 0.6 is 0 Å². The molecule has 1 rings (SSSR count). The molecule has 1 aromatic carbocycles. The topological polar surface area (TPSA) is 46.2 Å². The van der Waals surface area contributed by atoms with E-state index in [0.717, 1.165) is 6.07 Å². The van der Waals surface area contributed by atoms with Gasteiger partial charge in [-0.3, -0.25) is 0 Å². The van der Waals surface area contributed by atoms with E-state index in [1.165, 1.54) is 0 Å². The van der Waals surface area contributed by atoms with Crippen molar-refractivity contribution in [3.63, 3.8) is 0 Å². The van der Waals surface area contributed by atoms with Gasteiger partial charge in [0.2, 0.25) is 0 Å². The molecule has 0 unspecified atom stereocenters. The van der Waals surface area contributed by atoms with Crippen LogP contribution in [-0.2, 0) is 6.42 Å². The number of benzene rings is 1. The molecule has 0 saturated heterocycles. The summed E-state index contributed by atoms with van der Waals surface area (Å²) in [6, 6.07) is 0.125. The Bertz CT molecular complexity index is 361. The van der Waals surface area contributed by atoms with E-state index < -0.39 is 12.2 Å². The molecule has 54 valence electrons. The Morgan fingerprint density at radius 3 is 3.30 bits per heavy atom. The Hall–Kier alpha value is -1.02. The molecule has 2 heteroatoms. The van der Waals surface area contributed by atoms with Gasteiger partial charge in [0.1, 0.15) is 5.75 Å². The molecular weight excluding hydrogens is 126 g/mol. The van der Waals surface area contributed by atoms with E-state index in [1.54, 1.807) is 0 Å². The lowest BCUT2D eigenvalue weighted by Gasteiger charge is -1.97. The largest absolute Gasteiger partial charge is 0.508 e. The lowest BCUT2D eigenvalue weighted by Crippen LogP contribution is -2.01. The van der Waals surface area contributed by atoms with Crippen LogP contribution in [-0.4, -0.2) is 11.6 Å². The highest BCUT2D eigenvalue weighted by Gasteiger charge is 1.90. The van der Waals surface area contributed by atoms with Gasteiger partial charge in [-0.2, -0.15) is 0 Å². The molecule has 0 saturated carbocycles. The normalized spacial score (nSPS) is 18.3. The van der Waals surface area contributed by atoms with Crippen LogP contribution in [0, 0.1) is 0 Å². The van der Waals surface area contributed by atoms with Crippen LogP contribution < -0.4 is 5.73 Å². The summed E-state index contributed by atoms with van der Waals surface area (Å²) in [7, 11) is 0. The molecule has 3 N–H and O–H groups in total. The van der Waals surface area contributed by atoms with Gasteiger partial charge in [-0.15, -0.1) is 0 Å². The molecule has 0 aromatic heterocycles. The minimum Gasteiger partial charge on any atom is -0.508 e. The Balaban J connectivity index is 3.27. The molecule has 0 radical (unpaired) electrons. The zero-order chi connectivity index (χ0) is 11.8. The van der Waals surface area contributed by atoms with Gasteiger partial charge in [-0.25, -0.2) is 0 Å². The van der Waals surface area contributed by atoms with Gasteiger partial charge in [0.25, 0.3) is 0 Å². The van der Waals surface area contributed by atoms with Gasteiger partial charge in [-0.05, 0) is 30.6 Å². The molecule has 0 amide bonds. The van der Waals surface area contributed by atoms with Crippen LogP contribution in [0.2, 0.25) is 0 Å². The smallest absolute Gasteiger partial charge is 0.115 e. The first-order chi connectivity index (χ1) is 6.72. The summed E-state index contributed by atoms with van der Waals surface area (Å²) in [6.07, 6.45) is -0.370. The Labute approximate surface area is 67.3 Å². The van der Waals surface area contributed by atoms with Crippen molar-refractivity contribution in [2.45, 2.75) is 6.42 Å². The third-order valence-electron chi connectivity index (χ3n) is 0.990. The summed E-state index contributed by atoms with van der Waals surface area (Å²) in [4.78, 5) is 0. The molecule has 0 aliphatic carbocycles.